The average Bonchev–Trinajstić information content (AvgIpc) is 2.28. The van der Waals surface area contributed by atoms with E-state index in [0.717, 1.165) is 31.6 Å². The normalized spacial score (nSPS) is 10.4. The summed E-state index contributed by atoms with van der Waals surface area (Å²) < 4.78 is 2.41. The van der Waals surface area contributed by atoms with Crippen molar-refractivity contribution in [2.45, 2.75) is 47.1 Å². The van der Waals surface area contributed by atoms with E-state index in [1.165, 1.54) is 0 Å². The van der Waals surface area contributed by atoms with Gasteiger partial charge in [0.2, 0.25) is 4.77 Å². The van der Waals surface area contributed by atoms with Gasteiger partial charge >= 0.3 is 0 Å². The summed E-state index contributed by atoms with van der Waals surface area (Å²) in [5.74, 6) is 0.652. The molecule has 0 bridgehead atoms. The van der Waals surface area contributed by atoms with E-state index >= 15 is 0 Å². The fourth-order valence-electron chi connectivity index (χ4n) is 1.97. The van der Waals surface area contributed by atoms with Crippen LogP contribution >= 0.6 is 12.2 Å². The molecule has 1 N–H and O–H groups in total. The van der Waals surface area contributed by atoms with E-state index in [0.29, 0.717) is 16.2 Å². The molecule has 0 saturated carbocycles. The number of anilines is 1. The molecule has 0 aliphatic rings. The number of aromatic nitrogens is 2. The second-order valence-corrected chi connectivity index (χ2v) is 4.65. The first kappa shape index (κ1) is 14.8. The second kappa shape index (κ2) is 6.64. The van der Waals surface area contributed by atoms with Crippen LogP contribution in [0.5, 0.6) is 0 Å². The van der Waals surface area contributed by atoms with Crippen LogP contribution in [0.25, 0.3) is 0 Å². The van der Waals surface area contributed by atoms with Crippen LogP contribution in [-0.2, 0) is 6.54 Å². The molecule has 0 unspecified atom stereocenters. The molecular weight excluding hydrogens is 246 g/mol. The van der Waals surface area contributed by atoms with Gasteiger partial charge in [-0.1, -0.05) is 13.3 Å². The number of nitrogens with one attached hydrogen (secondary N) is 1. The maximum atomic E-state index is 11.8. The van der Waals surface area contributed by atoms with Crippen LogP contribution in [0.3, 0.4) is 0 Å². The van der Waals surface area contributed by atoms with Crippen molar-refractivity contribution in [3.05, 3.63) is 16.0 Å². The van der Waals surface area contributed by atoms with Crippen molar-refractivity contribution in [3.8, 4) is 0 Å². The Labute approximate surface area is 113 Å². The zero-order chi connectivity index (χ0) is 13.7. The van der Waals surface area contributed by atoms with Crippen molar-refractivity contribution in [2.75, 3.05) is 11.9 Å². The highest BCUT2D eigenvalue weighted by Crippen LogP contribution is 2.18. The highest BCUT2D eigenvalue weighted by atomic mass is 32.1. The van der Waals surface area contributed by atoms with Gasteiger partial charge in [-0.15, -0.1) is 0 Å². The fourth-order valence-corrected chi connectivity index (χ4v) is 2.32. The minimum absolute atomic E-state index is 0.0243. The molecule has 0 radical (unpaired) electrons. The molecule has 0 aromatic carbocycles. The predicted molar refractivity (Wildman–Crippen MR) is 76.9 cm³/mol. The SMILES string of the molecule is CCCCNc1nc(=S)n(CC)c(C)c1C(C)=O. The molecule has 0 atom stereocenters. The van der Waals surface area contributed by atoms with Gasteiger partial charge in [0.15, 0.2) is 5.78 Å². The quantitative estimate of drug-likeness (QED) is 0.488. The van der Waals surface area contributed by atoms with Crippen LogP contribution in [0.15, 0.2) is 0 Å². The number of hydrogen-bond donors (Lipinski definition) is 1. The summed E-state index contributed by atoms with van der Waals surface area (Å²) in [5, 5.41) is 3.22. The summed E-state index contributed by atoms with van der Waals surface area (Å²) in [7, 11) is 0. The van der Waals surface area contributed by atoms with Crippen molar-refractivity contribution in [1.82, 2.24) is 9.55 Å². The van der Waals surface area contributed by atoms with Gasteiger partial charge in [0.25, 0.3) is 0 Å². The Morgan fingerprint density at radius 3 is 2.61 bits per heavy atom. The molecule has 4 nitrogen and oxygen atoms in total. The third-order valence-electron chi connectivity index (χ3n) is 2.93. The van der Waals surface area contributed by atoms with E-state index in [2.05, 4.69) is 17.2 Å². The molecule has 0 saturated heterocycles. The predicted octanol–water partition coefficient (Wildman–Crippen LogP) is 3.36. The number of hydrogen-bond acceptors (Lipinski definition) is 4. The number of carbonyl (C=O) groups is 1. The maximum Gasteiger partial charge on any atom is 0.201 e. The van der Waals surface area contributed by atoms with Crippen LogP contribution in [-0.4, -0.2) is 21.9 Å². The number of Topliss-reactive ketones (excluding diaryl/α,β-unsaturated/α-hetero) is 1. The lowest BCUT2D eigenvalue weighted by Gasteiger charge is -2.16. The molecule has 1 heterocycles. The third-order valence-corrected chi connectivity index (χ3v) is 3.24. The summed E-state index contributed by atoms with van der Waals surface area (Å²) in [5.41, 5.74) is 1.55. The lowest BCUT2D eigenvalue weighted by atomic mass is 10.1. The van der Waals surface area contributed by atoms with Gasteiger partial charge in [-0.3, -0.25) is 4.79 Å². The molecule has 0 aliphatic heterocycles. The highest BCUT2D eigenvalue weighted by molar-refractivity contribution is 7.71. The van der Waals surface area contributed by atoms with E-state index < -0.39 is 0 Å². The molecular formula is C13H21N3OS. The van der Waals surface area contributed by atoms with E-state index in [1.54, 1.807) is 6.92 Å². The van der Waals surface area contributed by atoms with Gasteiger partial charge < -0.3 is 9.88 Å². The molecule has 0 fully saturated rings. The molecule has 100 valence electrons. The van der Waals surface area contributed by atoms with Gasteiger partial charge in [-0.2, -0.15) is 0 Å². The number of rotatable bonds is 6. The number of carbonyl (C=O) groups excluding carboxylic acids is 1. The third kappa shape index (κ3) is 3.16. The van der Waals surface area contributed by atoms with Crippen molar-refractivity contribution < 1.29 is 4.79 Å². The van der Waals surface area contributed by atoms with Crippen LogP contribution < -0.4 is 5.32 Å². The molecule has 0 amide bonds. The zero-order valence-corrected chi connectivity index (χ0v) is 12.4. The standard InChI is InChI=1S/C13H21N3OS/c1-5-7-8-14-12-11(10(4)17)9(3)16(6-2)13(18)15-12/h5-8H2,1-4H3,(H,14,15,18). The Balaban J connectivity index is 3.24. The Morgan fingerprint density at radius 1 is 1.44 bits per heavy atom. The Morgan fingerprint density at radius 2 is 2.11 bits per heavy atom. The number of ketones is 1. The van der Waals surface area contributed by atoms with Crippen molar-refractivity contribution in [1.29, 1.82) is 0 Å². The highest BCUT2D eigenvalue weighted by Gasteiger charge is 2.15. The maximum absolute atomic E-state index is 11.8. The van der Waals surface area contributed by atoms with Crippen molar-refractivity contribution in [2.24, 2.45) is 0 Å². The summed E-state index contributed by atoms with van der Waals surface area (Å²) in [4.78, 5) is 16.1. The molecule has 5 heteroatoms. The van der Waals surface area contributed by atoms with Gasteiger partial charge in [0.05, 0.1) is 5.56 Å². The first-order valence-corrected chi connectivity index (χ1v) is 6.79. The van der Waals surface area contributed by atoms with E-state index in [4.69, 9.17) is 12.2 Å². The molecule has 1 aromatic rings. The fraction of sp³-hybridized carbons (Fsp3) is 0.615. The monoisotopic (exact) mass is 267 g/mol. The summed E-state index contributed by atoms with van der Waals surface area (Å²) in [6, 6.07) is 0. The first-order chi connectivity index (χ1) is 8.52. The summed E-state index contributed by atoms with van der Waals surface area (Å²) in [6.07, 6.45) is 2.15. The van der Waals surface area contributed by atoms with Gasteiger partial charge in [-0.25, -0.2) is 4.98 Å². The number of unbranched alkanes of at least 4 members (excludes halogenated alkanes) is 1. The molecule has 0 spiro atoms. The Bertz CT molecular complexity index is 494. The van der Waals surface area contributed by atoms with Crippen molar-refractivity contribution in [3.63, 3.8) is 0 Å². The average molecular weight is 267 g/mol. The Hall–Kier alpha value is -1.23. The lowest BCUT2D eigenvalue weighted by molar-refractivity contribution is 0.101. The smallest absolute Gasteiger partial charge is 0.201 e. The largest absolute Gasteiger partial charge is 0.369 e. The lowest BCUT2D eigenvalue weighted by Crippen LogP contribution is -2.16. The molecule has 1 rings (SSSR count). The van der Waals surface area contributed by atoms with E-state index in [1.807, 2.05) is 18.4 Å². The van der Waals surface area contributed by atoms with E-state index in [-0.39, 0.29) is 5.78 Å². The van der Waals surface area contributed by atoms with Gasteiger partial charge in [-0.05, 0) is 39.4 Å². The van der Waals surface area contributed by atoms with Crippen LogP contribution in [0.4, 0.5) is 5.82 Å². The van der Waals surface area contributed by atoms with Gasteiger partial charge in [0.1, 0.15) is 5.82 Å². The topological polar surface area (TPSA) is 46.9 Å². The van der Waals surface area contributed by atoms with Crippen molar-refractivity contribution >= 4 is 23.8 Å². The Kier molecular flexibility index (Phi) is 5.47. The number of nitrogens with zero attached hydrogens (tertiary/aromatic N) is 2. The molecule has 1 aromatic heterocycles. The van der Waals surface area contributed by atoms with Gasteiger partial charge in [0, 0.05) is 18.8 Å². The second-order valence-electron chi connectivity index (χ2n) is 4.28. The minimum atomic E-state index is 0.0243. The summed E-state index contributed by atoms with van der Waals surface area (Å²) >= 11 is 5.25. The summed E-state index contributed by atoms with van der Waals surface area (Å²) in [6.45, 7) is 9.15. The first-order valence-electron chi connectivity index (χ1n) is 6.39. The minimum Gasteiger partial charge on any atom is -0.369 e. The van der Waals surface area contributed by atoms with Crippen LogP contribution in [0, 0.1) is 11.7 Å². The zero-order valence-electron chi connectivity index (χ0n) is 11.5. The molecule has 0 aliphatic carbocycles. The van der Waals surface area contributed by atoms with Crippen LogP contribution in [0.2, 0.25) is 0 Å². The van der Waals surface area contributed by atoms with Crippen LogP contribution in [0.1, 0.15) is 49.7 Å². The molecule has 18 heavy (non-hydrogen) atoms. The van der Waals surface area contributed by atoms with E-state index in [9.17, 15) is 4.79 Å².